The molecule has 0 unspecified atom stereocenters. The fourth-order valence-electron chi connectivity index (χ4n) is 1.21. The minimum Gasteiger partial charge on any atom is -0.496 e. The molecular weight excluding hydrogens is 172 g/mol. The topological polar surface area (TPSA) is 9.23 Å². The molecule has 0 saturated carbocycles. The van der Waals surface area contributed by atoms with Gasteiger partial charge in [0, 0.05) is 5.02 Å². The smallest absolute Gasteiger partial charge is 0.122 e. The zero-order valence-corrected chi connectivity index (χ0v) is 8.19. The summed E-state index contributed by atoms with van der Waals surface area (Å²) in [5.41, 5.74) is 1.19. The fourth-order valence-corrected chi connectivity index (χ4v) is 1.41. The molecule has 0 bridgehead atoms. The molecule has 0 aliphatic rings. The van der Waals surface area contributed by atoms with E-state index in [1.807, 2.05) is 18.2 Å². The minimum atomic E-state index is 0.777. The van der Waals surface area contributed by atoms with Gasteiger partial charge in [-0.25, -0.2) is 0 Å². The SMILES string of the molecule is CCCc1cc(Cl)ccc1OC. The summed E-state index contributed by atoms with van der Waals surface area (Å²) in [5.74, 6) is 0.932. The second-order valence-corrected chi connectivity index (χ2v) is 3.14. The Labute approximate surface area is 78.3 Å². The van der Waals surface area contributed by atoms with Crippen molar-refractivity contribution >= 4 is 11.6 Å². The van der Waals surface area contributed by atoms with E-state index >= 15 is 0 Å². The molecule has 1 aromatic rings. The molecule has 1 rings (SSSR count). The van der Waals surface area contributed by atoms with Crippen molar-refractivity contribution in [2.24, 2.45) is 0 Å². The summed E-state index contributed by atoms with van der Waals surface area (Å²) in [6.45, 7) is 2.14. The second kappa shape index (κ2) is 4.36. The molecule has 0 aliphatic heterocycles. The molecule has 0 aromatic heterocycles. The zero-order valence-electron chi connectivity index (χ0n) is 7.43. The van der Waals surface area contributed by atoms with Crippen LogP contribution in [0.3, 0.4) is 0 Å². The van der Waals surface area contributed by atoms with Crippen molar-refractivity contribution in [1.29, 1.82) is 0 Å². The van der Waals surface area contributed by atoms with Crippen LogP contribution >= 0.6 is 11.6 Å². The van der Waals surface area contributed by atoms with E-state index in [-0.39, 0.29) is 0 Å². The van der Waals surface area contributed by atoms with Gasteiger partial charge in [0.1, 0.15) is 5.75 Å². The summed E-state index contributed by atoms with van der Waals surface area (Å²) in [5, 5.41) is 0.777. The molecule has 0 saturated heterocycles. The van der Waals surface area contributed by atoms with Crippen molar-refractivity contribution in [2.75, 3.05) is 7.11 Å². The van der Waals surface area contributed by atoms with Crippen LogP contribution < -0.4 is 4.74 Å². The highest BCUT2D eigenvalue weighted by Crippen LogP contribution is 2.23. The average Bonchev–Trinajstić information content (AvgIpc) is 2.05. The maximum atomic E-state index is 5.85. The Kier molecular flexibility index (Phi) is 3.42. The Hall–Kier alpha value is -0.690. The lowest BCUT2D eigenvalue weighted by Crippen LogP contribution is -1.90. The molecule has 0 radical (unpaired) electrons. The van der Waals surface area contributed by atoms with Gasteiger partial charge in [-0.1, -0.05) is 24.9 Å². The first kappa shape index (κ1) is 9.40. The van der Waals surface area contributed by atoms with Crippen LogP contribution in [-0.4, -0.2) is 7.11 Å². The number of halogens is 1. The number of hydrogen-bond acceptors (Lipinski definition) is 1. The lowest BCUT2D eigenvalue weighted by Gasteiger charge is -2.06. The molecule has 0 atom stereocenters. The van der Waals surface area contributed by atoms with Crippen molar-refractivity contribution in [3.05, 3.63) is 28.8 Å². The summed E-state index contributed by atoms with van der Waals surface area (Å²) in [4.78, 5) is 0. The Bertz CT molecular complexity index is 258. The molecule has 12 heavy (non-hydrogen) atoms. The van der Waals surface area contributed by atoms with Gasteiger partial charge in [0.25, 0.3) is 0 Å². The van der Waals surface area contributed by atoms with Gasteiger partial charge in [-0.15, -0.1) is 0 Å². The fraction of sp³-hybridized carbons (Fsp3) is 0.400. The highest BCUT2D eigenvalue weighted by molar-refractivity contribution is 6.30. The number of rotatable bonds is 3. The van der Waals surface area contributed by atoms with E-state index in [0.717, 1.165) is 23.6 Å². The van der Waals surface area contributed by atoms with Gasteiger partial charge in [-0.2, -0.15) is 0 Å². The number of methoxy groups -OCH3 is 1. The molecule has 1 aromatic carbocycles. The van der Waals surface area contributed by atoms with Crippen molar-refractivity contribution in [1.82, 2.24) is 0 Å². The monoisotopic (exact) mass is 184 g/mol. The first-order valence-electron chi connectivity index (χ1n) is 4.10. The molecule has 66 valence electrons. The van der Waals surface area contributed by atoms with Gasteiger partial charge in [0.15, 0.2) is 0 Å². The molecular formula is C10H13ClO. The molecule has 2 heteroatoms. The van der Waals surface area contributed by atoms with Crippen LogP contribution in [0.4, 0.5) is 0 Å². The van der Waals surface area contributed by atoms with Gasteiger partial charge in [-0.05, 0) is 30.2 Å². The van der Waals surface area contributed by atoms with E-state index in [9.17, 15) is 0 Å². The van der Waals surface area contributed by atoms with E-state index in [4.69, 9.17) is 16.3 Å². The molecule has 0 spiro atoms. The summed E-state index contributed by atoms with van der Waals surface area (Å²) in [6.07, 6.45) is 2.13. The third kappa shape index (κ3) is 2.15. The van der Waals surface area contributed by atoms with Crippen molar-refractivity contribution in [3.63, 3.8) is 0 Å². The Balaban J connectivity index is 2.95. The number of aryl methyl sites for hydroxylation is 1. The van der Waals surface area contributed by atoms with Crippen LogP contribution in [0.5, 0.6) is 5.75 Å². The summed E-state index contributed by atoms with van der Waals surface area (Å²) >= 11 is 5.85. The van der Waals surface area contributed by atoms with E-state index in [2.05, 4.69) is 6.92 Å². The van der Waals surface area contributed by atoms with Crippen LogP contribution in [0.1, 0.15) is 18.9 Å². The maximum absolute atomic E-state index is 5.85. The lowest BCUT2D eigenvalue weighted by molar-refractivity contribution is 0.409. The van der Waals surface area contributed by atoms with E-state index in [1.165, 1.54) is 5.56 Å². The lowest BCUT2D eigenvalue weighted by atomic mass is 10.1. The molecule has 0 N–H and O–H groups in total. The third-order valence-corrected chi connectivity index (χ3v) is 2.00. The van der Waals surface area contributed by atoms with Crippen LogP contribution in [-0.2, 0) is 6.42 Å². The highest BCUT2D eigenvalue weighted by atomic mass is 35.5. The largest absolute Gasteiger partial charge is 0.496 e. The van der Waals surface area contributed by atoms with E-state index in [0.29, 0.717) is 0 Å². The minimum absolute atomic E-state index is 0.777. The number of ether oxygens (including phenoxy) is 1. The van der Waals surface area contributed by atoms with Crippen molar-refractivity contribution in [2.45, 2.75) is 19.8 Å². The molecule has 0 aliphatic carbocycles. The predicted molar refractivity (Wildman–Crippen MR) is 52.0 cm³/mol. The van der Waals surface area contributed by atoms with Gasteiger partial charge < -0.3 is 4.74 Å². The van der Waals surface area contributed by atoms with Gasteiger partial charge in [0.05, 0.1) is 7.11 Å². The first-order chi connectivity index (χ1) is 5.77. The average molecular weight is 185 g/mol. The van der Waals surface area contributed by atoms with Crippen LogP contribution in [0.25, 0.3) is 0 Å². The number of benzene rings is 1. The van der Waals surface area contributed by atoms with Crippen molar-refractivity contribution < 1.29 is 4.74 Å². The molecule has 0 fully saturated rings. The Morgan fingerprint density at radius 2 is 2.17 bits per heavy atom. The molecule has 0 amide bonds. The highest BCUT2D eigenvalue weighted by Gasteiger charge is 2.01. The quantitative estimate of drug-likeness (QED) is 0.701. The first-order valence-corrected chi connectivity index (χ1v) is 4.48. The van der Waals surface area contributed by atoms with Crippen LogP contribution in [0.15, 0.2) is 18.2 Å². The molecule has 0 heterocycles. The standard InChI is InChI=1S/C10H13ClO/c1-3-4-8-7-9(11)5-6-10(8)12-2/h5-7H,3-4H2,1-2H3. The number of hydrogen-bond donors (Lipinski definition) is 0. The van der Waals surface area contributed by atoms with Gasteiger partial charge in [0.2, 0.25) is 0 Å². The molecule has 1 nitrogen and oxygen atoms in total. The summed E-state index contributed by atoms with van der Waals surface area (Å²) in [7, 11) is 1.68. The van der Waals surface area contributed by atoms with Crippen LogP contribution in [0, 0.1) is 0 Å². The van der Waals surface area contributed by atoms with E-state index < -0.39 is 0 Å². The van der Waals surface area contributed by atoms with Gasteiger partial charge in [-0.3, -0.25) is 0 Å². The predicted octanol–water partition coefficient (Wildman–Crippen LogP) is 3.30. The third-order valence-electron chi connectivity index (χ3n) is 1.76. The van der Waals surface area contributed by atoms with Crippen LogP contribution in [0.2, 0.25) is 5.02 Å². The maximum Gasteiger partial charge on any atom is 0.122 e. The van der Waals surface area contributed by atoms with Gasteiger partial charge >= 0.3 is 0 Å². The second-order valence-electron chi connectivity index (χ2n) is 2.71. The zero-order chi connectivity index (χ0) is 8.97. The Morgan fingerprint density at radius 1 is 1.42 bits per heavy atom. The summed E-state index contributed by atoms with van der Waals surface area (Å²) < 4.78 is 5.19. The normalized spacial score (nSPS) is 9.92. The summed E-state index contributed by atoms with van der Waals surface area (Å²) in [6, 6.07) is 5.72. The van der Waals surface area contributed by atoms with Crippen molar-refractivity contribution in [3.8, 4) is 5.75 Å². The van der Waals surface area contributed by atoms with E-state index in [1.54, 1.807) is 7.11 Å². The Morgan fingerprint density at radius 3 is 2.75 bits per heavy atom.